The van der Waals surface area contributed by atoms with Crippen molar-refractivity contribution < 1.29 is 19.0 Å². The van der Waals surface area contributed by atoms with Crippen LogP contribution in [0.1, 0.15) is 11.1 Å². The van der Waals surface area contributed by atoms with Crippen molar-refractivity contribution in [3.63, 3.8) is 0 Å². The van der Waals surface area contributed by atoms with Gasteiger partial charge in [-0.05, 0) is 29.8 Å². The number of methoxy groups -OCH3 is 2. The molecule has 3 aromatic carbocycles. The molecule has 3 rings (SSSR count). The monoisotopic (exact) mass is 516 g/mol. The van der Waals surface area contributed by atoms with Crippen LogP contribution < -0.4 is 19.5 Å². The van der Waals surface area contributed by atoms with Gasteiger partial charge in [-0.15, -0.1) is 0 Å². The smallest absolute Gasteiger partial charge is 0.266 e. The summed E-state index contributed by atoms with van der Waals surface area (Å²) in [4.78, 5) is 12.9. The van der Waals surface area contributed by atoms with Gasteiger partial charge in [0, 0.05) is 17.7 Å². The van der Waals surface area contributed by atoms with Crippen LogP contribution in [0.25, 0.3) is 6.08 Å². The van der Waals surface area contributed by atoms with Gasteiger partial charge in [-0.25, -0.2) is 0 Å². The number of carbonyl (C=O) groups excluding carboxylic acids is 1. The Morgan fingerprint density at radius 3 is 2.35 bits per heavy atom. The predicted molar refractivity (Wildman–Crippen MR) is 134 cm³/mol. The first kappa shape index (κ1) is 25.3. The molecule has 0 spiro atoms. The Bertz CT molecular complexity index is 1290. The third kappa shape index (κ3) is 6.15. The van der Waals surface area contributed by atoms with Crippen LogP contribution in [0.3, 0.4) is 0 Å². The van der Waals surface area contributed by atoms with E-state index in [9.17, 15) is 10.1 Å². The third-order valence-electron chi connectivity index (χ3n) is 4.68. The van der Waals surface area contributed by atoms with E-state index < -0.39 is 5.91 Å². The normalized spacial score (nSPS) is 10.9. The fourth-order valence-electron chi connectivity index (χ4n) is 2.97. The molecule has 0 unspecified atom stereocenters. The van der Waals surface area contributed by atoms with Crippen LogP contribution in [0.2, 0.25) is 15.1 Å². The lowest BCUT2D eigenvalue weighted by atomic mass is 10.1. The summed E-state index contributed by atoms with van der Waals surface area (Å²) in [6, 6.07) is 17.2. The molecule has 0 aliphatic rings. The molecule has 0 aliphatic carbocycles. The lowest BCUT2D eigenvalue weighted by Gasteiger charge is -2.13. The number of carbonyl (C=O) groups is 1. The number of para-hydroxylation sites is 1. The van der Waals surface area contributed by atoms with E-state index in [2.05, 4.69) is 5.32 Å². The largest absolute Gasteiger partial charge is 0.495 e. The first-order valence-corrected chi connectivity index (χ1v) is 11.0. The van der Waals surface area contributed by atoms with Crippen molar-refractivity contribution in [2.24, 2.45) is 0 Å². The summed E-state index contributed by atoms with van der Waals surface area (Å²) < 4.78 is 16.4. The molecule has 1 N–H and O–H groups in total. The minimum Gasteiger partial charge on any atom is -0.495 e. The van der Waals surface area contributed by atoms with Crippen molar-refractivity contribution >= 4 is 52.5 Å². The maximum absolute atomic E-state index is 12.9. The maximum Gasteiger partial charge on any atom is 0.266 e. The zero-order valence-electron chi connectivity index (χ0n) is 18.2. The number of ether oxygens (including phenoxy) is 3. The Hall–Kier alpha value is -3.37. The highest BCUT2D eigenvalue weighted by molar-refractivity contribution is 6.42. The van der Waals surface area contributed by atoms with Gasteiger partial charge in [0.05, 0.1) is 35.0 Å². The number of amides is 1. The topological polar surface area (TPSA) is 80.6 Å². The summed E-state index contributed by atoms with van der Waals surface area (Å²) in [5, 5.41) is 13.5. The number of nitriles is 1. The van der Waals surface area contributed by atoms with Gasteiger partial charge in [0.1, 0.15) is 35.5 Å². The molecule has 0 atom stereocenters. The summed E-state index contributed by atoms with van der Waals surface area (Å²) >= 11 is 18.1. The fraction of sp³-hybridized carbons (Fsp3) is 0.120. The average molecular weight is 518 g/mol. The molecule has 0 saturated carbocycles. The molecule has 0 bridgehead atoms. The van der Waals surface area contributed by atoms with Gasteiger partial charge in [0.15, 0.2) is 0 Å². The number of rotatable bonds is 8. The minimum atomic E-state index is -0.635. The van der Waals surface area contributed by atoms with Crippen LogP contribution in [0.5, 0.6) is 17.2 Å². The second-order valence-corrected chi connectivity index (χ2v) is 8.11. The van der Waals surface area contributed by atoms with Gasteiger partial charge in [0.2, 0.25) is 0 Å². The molecule has 1 amide bonds. The van der Waals surface area contributed by atoms with Crippen molar-refractivity contribution in [3.05, 3.63) is 86.4 Å². The van der Waals surface area contributed by atoms with E-state index in [-0.39, 0.29) is 12.2 Å². The summed E-state index contributed by atoms with van der Waals surface area (Å²) in [6.45, 7) is 0.220. The molecule has 9 heteroatoms. The van der Waals surface area contributed by atoms with Crippen LogP contribution in [0, 0.1) is 11.3 Å². The van der Waals surface area contributed by atoms with Crippen molar-refractivity contribution in [1.82, 2.24) is 0 Å². The van der Waals surface area contributed by atoms with Crippen LogP contribution in [0.4, 0.5) is 5.69 Å². The van der Waals surface area contributed by atoms with E-state index in [1.54, 1.807) is 42.5 Å². The molecule has 174 valence electrons. The second kappa shape index (κ2) is 11.7. The van der Waals surface area contributed by atoms with Gasteiger partial charge in [0.25, 0.3) is 5.91 Å². The van der Waals surface area contributed by atoms with Crippen LogP contribution in [0.15, 0.2) is 60.2 Å². The van der Waals surface area contributed by atoms with Gasteiger partial charge >= 0.3 is 0 Å². The zero-order valence-corrected chi connectivity index (χ0v) is 20.5. The predicted octanol–water partition coefficient (Wildman–Crippen LogP) is 6.79. The Balaban J connectivity index is 1.83. The third-order valence-corrected chi connectivity index (χ3v) is 5.72. The SMILES string of the molecule is COc1cc(NC(=O)/C(C#N)=C/c2ccccc2OCc2ccc(Cl)c(Cl)c2)c(OC)cc1Cl. The summed E-state index contributed by atoms with van der Waals surface area (Å²) in [6.07, 6.45) is 1.44. The molecular formula is C25H19Cl3N2O4. The first-order chi connectivity index (χ1) is 16.4. The number of hydrogen-bond acceptors (Lipinski definition) is 5. The van der Waals surface area contributed by atoms with E-state index in [0.29, 0.717) is 43.6 Å². The molecule has 0 fully saturated rings. The van der Waals surface area contributed by atoms with Gasteiger partial charge < -0.3 is 19.5 Å². The average Bonchev–Trinajstić information content (AvgIpc) is 2.84. The Kier molecular flexibility index (Phi) is 8.67. The summed E-state index contributed by atoms with van der Waals surface area (Å²) in [5.74, 6) is 0.521. The number of anilines is 1. The van der Waals surface area contributed by atoms with Crippen molar-refractivity contribution in [2.45, 2.75) is 6.61 Å². The molecule has 0 aromatic heterocycles. The standard InChI is InChI=1S/C25H19Cl3N2O4/c1-32-23-12-21(24(33-2)11-20(23)28)30-25(31)17(13-29)10-16-5-3-4-6-22(16)34-14-15-7-8-18(26)19(27)9-15/h3-12H,14H2,1-2H3,(H,30,31)/b17-10+. The van der Waals surface area contributed by atoms with Gasteiger partial charge in [-0.2, -0.15) is 5.26 Å². The van der Waals surface area contributed by atoms with Crippen molar-refractivity contribution in [3.8, 4) is 23.3 Å². The Morgan fingerprint density at radius 1 is 0.941 bits per heavy atom. The first-order valence-electron chi connectivity index (χ1n) is 9.86. The number of nitrogens with zero attached hydrogens (tertiary/aromatic N) is 1. The van der Waals surface area contributed by atoms with Crippen molar-refractivity contribution in [1.29, 1.82) is 5.26 Å². The molecule has 6 nitrogen and oxygen atoms in total. The molecule has 34 heavy (non-hydrogen) atoms. The lowest BCUT2D eigenvalue weighted by Crippen LogP contribution is -2.14. The highest BCUT2D eigenvalue weighted by Gasteiger charge is 2.16. The van der Waals surface area contributed by atoms with E-state index in [1.807, 2.05) is 6.07 Å². The summed E-state index contributed by atoms with van der Waals surface area (Å²) in [5.41, 5.74) is 1.53. The number of halogens is 3. The van der Waals surface area contributed by atoms with E-state index in [0.717, 1.165) is 5.56 Å². The fourth-order valence-corrected chi connectivity index (χ4v) is 3.53. The molecule has 0 aliphatic heterocycles. The molecule has 0 radical (unpaired) electrons. The van der Waals surface area contributed by atoms with E-state index in [4.69, 9.17) is 49.0 Å². The quantitative estimate of drug-likeness (QED) is 0.263. The highest BCUT2D eigenvalue weighted by atomic mass is 35.5. The highest BCUT2D eigenvalue weighted by Crippen LogP contribution is 2.36. The Labute approximate surface area is 212 Å². The van der Waals surface area contributed by atoms with E-state index >= 15 is 0 Å². The molecule has 3 aromatic rings. The van der Waals surface area contributed by atoms with Crippen molar-refractivity contribution in [2.75, 3.05) is 19.5 Å². The zero-order chi connectivity index (χ0) is 24.7. The number of nitrogens with one attached hydrogen (secondary N) is 1. The lowest BCUT2D eigenvalue weighted by molar-refractivity contribution is -0.112. The maximum atomic E-state index is 12.9. The van der Waals surface area contributed by atoms with E-state index in [1.165, 1.54) is 32.4 Å². The summed E-state index contributed by atoms with van der Waals surface area (Å²) in [7, 11) is 2.89. The minimum absolute atomic E-state index is 0.137. The Morgan fingerprint density at radius 2 is 1.68 bits per heavy atom. The number of hydrogen-bond donors (Lipinski definition) is 1. The van der Waals surface area contributed by atoms with Crippen LogP contribution in [-0.4, -0.2) is 20.1 Å². The molecule has 0 heterocycles. The molecule has 0 saturated heterocycles. The van der Waals surface area contributed by atoms with Gasteiger partial charge in [-0.1, -0.05) is 59.1 Å². The second-order valence-electron chi connectivity index (χ2n) is 6.89. The number of benzene rings is 3. The van der Waals surface area contributed by atoms with Crippen LogP contribution >= 0.6 is 34.8 Å². The van der Waals surface area contributed by atoms with Crippen LogP contribution in [-0.2, 0) is 11.4 Å². The molecular weight excluding hydrogens is 499 g/mol. The van der Waals surface area contributed by atoms with Gasteiger partial charge in [-0.3, -0.25) is 4.79 Å².